The second-order valence-electron chi connectivity index (χ2n) is 10.4. The summed E-state index contributed by atoms with van der Waals surface area (Å²) >= 11 is 0. The lowest BCUT2D eigenvalue weighted by atomic mass is 9.82. The van der Waals surface area contributed by atoms with E-state index in [4.69, 9.17) is 4.74 Å². The molecular formula is C30H33BrN2O5S. The van der Waals surface area contributed by atoms with Gasteiger partial charge in [-0.15, -0.1) is 0 Å². The van der Waals surface area contributed by atoms with Crippen molar-refractivity contribution in [3.63, 3.8) is 0 Å². The molecule has 7 nitrogen and oxygen atoms in total. The number of ketones is 1. The Morgan fingerprint density at radius 1 is 0.897 bits per heavy atom. The Balaban J connectivity index is 0.00000353. The van der Waals surface area contributed by atoms with Crippen LogP contribution < -0.4 is 21.3 Å². The highest BCUT2D eigenvalue weighted by atomic mass is 79.9. The molecule has 0 saturated carbocycles. The number of para-hydroxylation sites is 1. The van der Waals surface area contributed by atoms with Gasteiger partial charge in [0.1, 0.15) is 13.1 Å². The first-order valence-electron chi connectivity index (χ1n) is 13.0. The zero-order valence-corrected chi connectivity index (χ0v) is 24.3. The average molecular weight is 614 g/mol. The minimum Gasteiger partial charge on any atom is -1.00 e. The van der Waals surface area contributed by atoms with E-state index in [2.05, 4.69) is 0 Å². The van der Waals surface area contributed by atoms with Crippen LogP contribution in [0.3, 0.4) is 0 Å². The topological polar surface area (TPSA) is 80.8 Å². The largest absolute Gasteiger partial charge is 1.00 e. The average Bonchev–Trinajstić information content (AvgIpc) is 2.92. The standard InChI is InChI=1S/C30H33N2O5S.BrH/c1-38(35,36)31(26-15-9-4-10-16-26)29(25-13-7-3-8-14-25)30(34)37-28-22-32(19-17-24(28)18-20-32)21-27(33)23-11-5-2-6-12-23;/h2-16,24,28-29H,17-22H2,1H3;1H/q+1;/p-1/t24?,28-,29?,32?;/m0./s1. The molecule has 3 aliphatic rings. The molecule has 0 radical (unpaired) electrons. The van der Waals surface area contributed by atoms with Crippen molar-refractivity contribution in [3.8, 4) is 0 Å². The van der Waals surface area contributed by atoms with Crippen LogP contribution in [0, 0.1) is 5.92 Å². The molecule has 39 heavy (non-hydrogen) atoms. The van der Waals surface area contributed by atoms with Gasteiger partial charge in [-0.05, 0) is 17.7 Å². The molecule has 3 aromatic rings. The number of esters is 1. The molecule has 9 heteroatoms. The van der Waals surface area contributed by atoms with Gasteiger partial charge in [-0.3, -0.25) is 9.10 Å². The van der Waals surface area contributed by atoms with Crippen molar-refractivity contribution in [1.82, 2.24) is 0 Å². The molecule has 0 aliphatic carbocycles. The number of halogens is 1. The number of nitrogens with zero attached hydrogens (tertiary/aromatic N) is 2. The molecule has 1 unspecified atom stereocenters. The first-order chi connectivity index (χ1) is 18.3. The van der Waals surface area contributed by atoms with E-state index in [0.717, 1.165) is 36.5 Å². The van der Waals surface area contributed by atoms with Crippen LogP contribution in [0.4, 0.5) is 5.69 Å². The van der Waals surface area contributed by atoms with Gasteiger partial charge in [0.15, 0.2) is 12.1 Å². The molecule has 0 amide bonds. The number of hydrogen-bond acceptors (Lipinski definition) is 5. The predicted molar refractivity (Wildman–Crippen MR) is 146 cm³/mol. The molecule has 3 saturated heterocycles. The first-order valence-corrected chi connectivity index (χ1v) is 14.8. The number of carbonyl (C=O) groups is 2. The van der Waals surface area contributed by atoms with Crippen molar-refractivity contribution >= 4 is 27.5 Å². The van der Waals surface area contributed by atoms with Gasteiger partial charge in [-0.1, -0.05) is 78.9 Å². The normalized spacial score (nSPS) is 22.8. The van der Waals surface area contributed by atoms with Gasteiger partial charge in [-0.2, -0.15) is 0 Å². The minimum absolute atomic E-state index is 0. The maximum absolute atomic E-state index is 13.9. The Bertz CT molecular complexity index is 1380. The monoisotopic (exact) mass is 612 g/mol. The number of carbonyl (C=O) groups excluding carboxylic acids is 2. The fraction of sp³-hybridized carbons (Fsp3) is 0.333. The van der Waals surface area contributed by atoms with Crippen LogP contribution >= 0.6 is 0 Å². The summed E-state index contributed by atoms with van der Waals surface area (Å²) in [6, 6.07) is 25.6. The summed E-state index contributed by atoms with van der Waals surface area (Å²) in [5.41, 5.74) is 1.62. The van der Waals surface area contributed by atoms with Crippen LogP contribution in [0.1, 0.15) is 34.8 Å². The summed E-state index contributed by atoms with van der Waals surface area (Å²) in [7, 11) is -3.84. The smallest absolute Gasteiger partial charge is 0.335 e. The lowest BCUT2D eigenvalue weighted by Gasteiger charge is -2.51. The fourth-order valence-electron chi connectivity index (χ4n) is 5.92. The number of piperidine rings is 3. The van der Waals surface area contributed by atoms with Crippen molar-refractivity contribution in [2.45, 2.75) is 25.0 Å². The van der Waals surface area contributed by atoms with Crippen molar-refractivity contribution in [2.75, 3.05) is 36.7 Å². The van der Waals surface area contributed by atoms with E-state index < -0.39 is 22.0 Å². The van der Waals surface area contributed by atoms with Crippen molar-refractivity contribution in [3.05, 3.63) is 102 Å². The van der Waals surface area contributed by atoms with Crippen LogP contribution in [0.2, 0.25) is 0 Å². The number of benzene rings is 3. The maximum Gasteiger partial charge on any atom is 0.335 e. The van der Waals surface area contributed by atoms with E-state index in [-0.39, 0.29) is 34.8 Å². The first kappa shape index (κ1) is 29.0. The van der Waals surface area contributed by atoms with E-state index in [0.29, 0.717) is 34.4 Å². The lowest BCUT2D eigenvalue weighted by Crippen LogP contribution is -3.00. The molecule has 0 aromatic heterocycles. The summed E-state index contributed by atoms with van der Waals surface area (Å²) in [5.74, 6) is -0.312. The van der Waals surface area contributed by atoms with Crippen LogP contribution in [-0.2, 0) is 19.6 Å². The van der Waals surface area contributed by atoms with Gasteiger partial charge in [0.25, 0.3) is 0 Å². The van der Waals surface area contributed by atoms with Gasteiger partial charge < -0.3 is 26.2 Å². The number of fused-ring (bicyclic) bond motifs is 3. The molecule has 2 bridgehead atoms. The van der Waals surface area contributed by atoms with E-state index in [1.54, 1.807) is 54.6 Å². The van der Waals surface area contributed by atoms with Crippen LogP contribution in [0.25, 0.3) is 0 Å². The molecule has 3 aliphatic heterocycles. The van der Waals surface area contributed by atoms with E-state index in [9.17, 15) is 18.0 Å². The van der Waals surface area contributed by atoms with Gasteiger partial charge in [0.05, 0.1) is 25.0 Å². The molecule has 0 N–H and O–H groups in total. The second-order valence-corrected chi connectivity index (χ2v) is 12.3. The number of ether oxygens (including phenoxy) is 1. The minimum atomic E-state index is -3.84. The predicted octanol–water partition coefficient (Wildman–Crippen LogP) is 1.23. The Hall–Kier alpha value is -3.01. The molecule has 3 heterocycles. The van der Waals surface area contributed by atoms with Crippen LogP contribution in [-0.4, -0.2) is 63.2 Å². The van der Waals surface area contributed by atoms with Gasteiger partial charge in [-0.25, -0.2) is 13.2 Å². The number of sulfonamides is 1. The zero-order valence-electron chi connectivity index (χ0n) is 21.9. The maximum atomic E-state index is 13.9. The van der Waals surface area contributed by atoms with Gasteiger partial charge in [0.2, 0.25) is 15.8 Å². The van der Waals surface area contributed by atoms with Gasteiger partial charge in [0, 0.05) is 24.3 Å². The van der Waals surface area contributed by atoms with Crippen molar-refractivity contribution < 1.29 is 44.2 Å². The van der Waals surface area contributed by atoms with E-state index >= 15 is 0 Å². The highest BCUT2D eigenvalue weighted by molar-refractivity contribution is 7.92. The third kappa shape index (κ3) is 6.42. The third-order valence-electron chi connectivity index (χ3n) is 7.82. The van der Waals surface area contributed by atoms with E-state index in [1.807, 2.05) is 36.4 Å². The Labute approximate surface area is 240 Å². The summed E-state index contributed by atoms with van der Waals surface area (Å²) in [5, 5.41) is 0. The third-order valence-corrected chi connectivity index (χ3v) is 8.96. The summed E-state index contributed by atoms with van der Waals surface area (Å²) in [6.07, 6.45) is 2.46. The van der Waals surface area contributed by atoms with Gasteiger partial charge >= 0.3 is 5.97 Å². The van der Waals surface area contributed by atoms with Crippen LogP contribution in [0.5, 0.6) is 0 Å². The molecule has 3 aromatic carbocycles. The number of anilines is 1. The molecule has 0 spiro atoms. The zero-order chi connectivity index (χ0) is 26.8. The number of quaternary nitrogens is 1. The number of Topliss-reactive ketones (excluding diaryl/α,β-unsaturated/α-hetero) is 1. The molecule has 206 valence electrons. The Morgan fingerprint density at radius 3 is 2.00 bits per heavy atom. The highest BCUT2D eigenvalue weighted by Crippen LogP contribution is 2.38. The number of hydrogen-bond donors (Lipinski definition) is 0. The molecule has 3 fully saturated rings. The van der Waals surface area contributed by atoms with Crippen molar-refractivity contribution in [1.29, 1.82) is 0 Å². The Kier molecular flexibility index (Phi) is 8.93. The van der Waals surface area contributed by atoms with Crippen LogP contribution in [0.15, 0.2) is 91.0 Å². The summed E-state index contributed by atoms with van der Waals surface area (Å²) in [4.78, 5) is 27.0. The second kappa shape index (κ2) is 12.0. The lowest BCUT2D eigenvalue weighted by molar-refractivity contribution is -0.938. The Morgan fingerprint density at radius 2 is 1.44 bits per heavy atom. The molecular weight excluding hydrogens is 580 g/mol. The molecule has 2 atom stereocenters. The molecule has 6 rings (SSSR count). The highest BCUT2D eigenvalue weighted by Gasteiger charge is 2.49. The number of rotatable bonds is 9. The quantitative estimate of drug-likeness (QED) is 0.206. The van der Waals surface area contributed by atoms with Crippen molar-refractivity contribution in [2.24, 2.45) is 5.92 Å². The van der Waals surface area contributed by atoms with E-state index in [1.165, 1.54) is 0 Å². The fourth-order valence-corrected chi connectivity index (χ4v) is 7.02. The SMILES string of the molecule is CS(=O)(=O)N(c1ccccc1)C(C(=O)O[C@H]1C[N+]2(CC(=O)c3ccccc3)CCC1CC2)c1ccccc1.[Br-]. The summed E-state index contributed by atoms with van der Waals surface area (Å²) in [6.45, 7) is 2.67. The summed E-state index contributed by atoms with van der Waals surface area (Å²) < 4.78 is 34.0.